The SMILES string of the molecule is Cc1c(Cl)cccc1N=C1NC(=O)/C(=C\c2cc(Cl)c(OCc3ccc(C(=O)O)cc3)c(Cl)c2)S1. The van der Waals surface area contributed by atoms with Crippen LogP contribution in [0.2, 0.25) is 15.1 Å². The fourth-order valence-corrected chi connectivity index (χ4v) is 4.78. The van der Waals surface area contributed by atoms with Crippen LogP contribution in [0.5, 0.6) is 5.75 Å². The molecule has 3 aromatic carbocycles. The second-order valence-corrected chi connectivity index (χ2v) is 9.72. The smallest absolute Gasteiger partial charge is 0.335 e. The highest BCUT2D eigenvalue weighted by molar-refractivity contribution is 8.18. The quantitative estimate of drug-likeness (QED) is 0.321. The van der Waals surface area contributed by atoms with Gasteiger partial charge in [0.2, 0.25) is 0 Å². The maximum atomic E-state index is 12.5. The number of ether oxygens (including phenoxy) is 1. The molecular formula is C25H17Cl3N2O4S. The van der Waals surface area contributed by atoms with Gasteiger partial charge in [0, 0.05) is 5.02 Å². The van der Waals surface area contributed by atoms with Gasteiger partial charge in [0.05, 0.1) is 26.2 Å². The molecule has 1 aliphatic heterocycles. The first-order chi connectivity index (χ1) is 16.7. The van der Waals surface area contributed by atoms with Crippen LogP contribution in [0.25, 0.3) is 6.08 Å². The normalized spacial score (nSPS) is 15.5. The van der Waals surface area contributed by atoms with Crippen molar-refractivity contribution in [2.45, 2.75) is 13.5 Å². The summed E-state index contributed by atoms with van der Waals surface area (Å²) in [5.74, 6) is -0.994. The summed E-state index contributed by atoms with van der Waals surface area (Å²) in [5.41, 5.74) is 3.06. The molecule has 0 atom stereocenters. The first-order valence-electron chi connectivity index (χ1n) is 10.2. The van der Waals surface area contributed by atoms with Crippen LogP contribution in [0, 0.1) is 6.92 Å². The summed E-state index contributed by atoms with van der Waals surface area (Å²) in [6.07, 6.45) is 1.67. The van der Waals surface area contributed by atoms with E-state index in [1.807, 2.05) is 13.0 Å². The van der Waals surface area contributed by atoms with Gasteiger partial charge in [-0.1, -0.05) is 53.0 Å². The Labute approximate surface area is 220 Å². The van der Waals surface area contributed by atoms with E-state index >= 15 is 0 Å². The number of carbonyl (C=O) groups is 2. The van der Waals surface area contributed by atoms with Crippen molar-refractivity contribution in [2.75, 3.05) is 0 Å². The van der Waals surface area contributed by atoms with Crippen LogP contribution in [-0.2, 0) is 11.4 Å². The highest BCUT2D eigenvalue weighted by atomic mass is 35.5. The number of thioether (sulfide) groups is 1. The number of hydrogen-bond donors (Lipinski definition) is 2. The van der Waals surface area contributed by atoms with E-state index in [0.29, 0.717) is 32.1 Å². The molecule has 0 spiro atoms. The number of carbonyl (C=O) groups excluding carboxylic acids is 1. The van der Waals surface area contributed by atoms with Crippen LogP contribution in [-0.4, -0.2) is 22.2 Å². The molecule has 1 heterocycles. The lowest BCUT2D eigenvalue weighted by molar-refractivity contribution is -0.115. The Morgan fingerprint density at radius 2 is 1.77 bits per heavy atom. The number of nitrogens with zero attached hydrogens (tertiary/aromatic N) is 1. The molecule has 4 rings (SSSR count). The molecule has 3 aromatic rings. The lowest BCUT2D eigenvalue weighted by Crippen LogP contribution is -2.19. The molecule has 6 nitrogen and oxygen atoms in total. The number of benzene rings is 3. The molecule has 10 heteroatoms. The van der Waals surface area contributed by atoms with Crippen molar-refractivity contribution in [2.24, 2.45) is 4.99 Å². The molecule has 1 aliphatic rings. The van der Waals surface area contributed by atoms with E-state index in [4.69, 9.17) is 44.6 Å². The van der Waals surface area contributed by atoms with Gasteiger partial charge in [-0.05, 0) is 77.9 Å². The number of nitrogens with one attached hydrogen (secondary N) is 1. The number of carboxylic acids is 1. The molecule has 0 aromatic heterocycles. The third-order valence-corrected chi connectivity index (χ3v) is 6.90. The molecular weight excluding hydrogens is 531 g/mol. The van der Waals surface area contributed by atoms with Crippen LogP contribution in [0.1, 0.15) is 27.0 Å². The van der Waals surface area contributed by atoms with Crippen LogP contribution in [0.3, 0.4) is 0 Å². The van der Waals surface area contributed by atoms with Gasteiger partial charge < -0.3 is 15.2 Å². The van der Waals surface area contributed by atoms with Gasteiger partial charge in [-0.3, -0.25) is 4.79 Å². The predicted molar refractivity (Wildman–Crippen MR) is 141 cm³/mol. The van der Waals surface area contributed by atoms with Gasteiger partial charge in [0.25, 0.3) is 5.91 Å². The lowest BCUT2D eigenvalue weighted by Gasteiger charge is -2.11. The van der Waals surface area contributed by atoms with Crippen molar-refractivity contribution in [3.63, 3.8) is 0 Å². The second kappa shape index (κ2) is 10.7. The Morgan fingerprint density at radius 3 is 2.43 bits per heavy atom. The fraction of sp³-hybridized carbons (Fsp3) is 0.0800. The zero-order chi connectivity index (χ0) is 25.1. The zero-order valence-corrected chi connectivity index (χ0v) is 21.2. The number of aromatic carboxylic acids is 1. The van der Waals surface area contributed by atoms with E-state index in [9.17, 15) is 9.59 Å². The number of hydrogen-bond acceptors (Lipinski definition) is 5. The number of aliphatic imine (C=N–C) groups is 1. The van der Waals surface area contributed by atoms with Crippen LogP contribution in [0.15, 0.2) is 64.5 Å². The highest BCUT2D eigenvalue weighted by Gasteiger charge is 2.24. The molecule has 178 valence electrons. The summed E-state index contributed by atoms with van der Waals surface area (Å²) < 4.78 is 5.76. The van der Waals surface area contributed by atoms with Gasteiger partial charge in [-0.2, -0.15) is 0 Å². The Bertz CT molecular complexity index is 1360. The second-order valence-electron chi connectivity index (χ2n) is 7.47. The van der Waals surface area contributed by atoms with Crippen molar-refractivity contribution >= 4 is 75.4 Å². The van der Waals surface area contributed by atoms with Gasteiger partial charge in [-0.15, -0.1) is 0 Å². The van der Waals surface area contributed by atoms with E-state index in [0.717, 1.165) is 11.1 Å². The Morgan fingerprint density at radius 1 is 1.09 bits per heavy atom. The molecule has 1 saturated heterocycles. The molecule has 0 aliphatic carbocycles. The first-order valence-corrected chi connectivity index (χ1v) is 12.1. The molecule has 0 saturated carbocycles. The Kier molecular flexibility index (Phi) is 7.72. The predicted octanol–water partition coefficient (Wildman–Crippen LogP) is 7.12. The molecule has 1 fully saturated rings. The third-order valence-electron chi connectivity index (χ3n) is 5.01. The zero-order valence-electron chi connectivity index (χ0n) is 18.1. The van der Waals surface area contributed by atoms with Gasteiger partial charge >= 0.3 is 5.97 Å². The Hall–Kier alpha value is -2.97. The molecule has 2 N–H and O–H groups in total. The fourth-order valence-electron chi connectivity index (χ4n) is 3.16. The highest BCUT2D eigenvalue weighted by Crippen LogP contribution is 2.37. The van der Waals surface area contributed by atoms with Crippen molar-refractivity contribution in [3.8, 4) is 5.75 Å². The number of amides is 1. The largest absolute Gasteiger partial charge is 0.486 e. The lowest BCUT2D eigenvalue weighted by atomic mass is 10.1. The number of halogens is 3. The average molecular weight is 548 g/mol. The summed E-state index contributed by atoms with van der Waals surface area (Å²) in [6, 6.07) is 15.0. The van der Waals surface area contributed by atoms with Crippen molar-refractivity contribution in [3.05, 3.63) is 96.8 Å². The molecule has 0 bridgehead atoms. The van der Waals surface area contributed by atoms with Gasteiger partial charge in [-0.25, -0.2) is 9.79 Å². The van der Waals surface area contributed by atoms with Gasteiger partial charge in [0.1, 0.15) is 6.61 Å². The molecule has 1 amide bonds. The van der Waals surface area contributed by atoms with Crippen LogP contribution in [0.4, 0.5) is 5.69 Å². The van der Waals surface area contributed by atoms with Crippen molar-refractivity contribution < 1.29 is 19.4 Å². The first kappa shape index (κ1) is 25.1. The molecule has 35 heavy (non-hydrogen) atoms. The van der Waals surface area contributed by atoms with Crippen molar-refractivity contribution in [1.29, 1.82) is 0 Å². The topological polar surface area (TPSA) is 88.0 Å². The minimum Gasteiger partial charge on any atom is -0.486 e. The van der Waals surface area contributed by atoms with Crippen LogP contribution < -0.4 is 10.1 Å². The summed E-state index contributed by atoms with van der Waals surface area (Å²) in [7, 11) is 0. The standard InChI is InChI=1S/C25H17Cl3N2O4S/c1-13-17(26)3-2-4-20(13)29-25-30-23(31)21(35-25)11-15-9-18(27)22(19(28)10-15)34-12-14-5-7-16(8-6-14)24(32)33/h2-11H,12H2,1H3,(H,32,33)(H,29,30,31)/b21-11+. The van der Waals surface area contributed by atoms with E-state index in [-0.39, 0.29) is 28.1 Å². The van der Waals surface area contributed by atoms with E-state index < -0.39 is 5.97 Å². The minimum absolute atomic E-state index is 0.154. The summed E-state index contributed by atoms with van der Waals surface area (Å²) >= 11 is 20.1. The molecule has 0 radical (unpaired) electrons. The maximum absolute atomic E-state index is 12.5. The minimum atomic E-state index is -1.000. The summed E-state index contributed by atoms with van der Waals surface area (Å²) in [6.45, 7) is 2.01. The van der Waals surface area contributed by atoms with E-state index in [1.165, 1.54) is 23.9 Å². The number of rotatable bonds is 6. The molecule has 0 unspecified atom stereocenters. The Balaban J connectivity index is 1.49. The van der Waals surface area contributed by atoms with E-state index in [2.05, 4.69) is 10.3 Å². The maximum Gasteiger partial charge on any atom is 0.335 e. The van der Waals surface area contributed by atoms with Crippen LogP contribution >= 0.6 is 46.6 Å². The third kappa shape index (κ3) is 6.00. The van der Waals surface area contributed by atoms with E-state index in [1.54, 1.807) is 42.5 Å². The summed E-state index contributed by atoms with van der Waals surface area (Å²) in [4.78, 5) is 28.4. The summed E-state index contributed by atoms with van der Waals surface area (Å²) in [5, 5.41) is 13.3. The average Bonchev–Trinajstić information content (AvgIpc) is 3.15. The van der Waals surface area contributed by atoms with Crippen molar-refractivity contribution in [1.82, 2.24) is 5.32 Å². The monoisotopic (exact) mass is 546 g/mol. The number of carboxylic acid groups (broad SMARTS) is 1. The van der Waals surface area contributed by atoms with Gasteiger partial charge in [0.15, 0.2) is 10.9 Å². The number of amidine groups is 1.